The second-order valence-corrected chi connectivity index (χ2v) is 5.80. The van der Waals surface area contributed by atoms with E-state index in [0.717, 1.165) is 42.1 Å². The molecule has 0 radical (unpaired) electrons. The second-order valence-electron chi connectivity index (χ2n) is 5.80. The summed E-state index contributed by atoms with van der Waals surface area (Å²) in [5, 5.41) is 3.94. The third kappa shape index (κ3) is 2.89. The Morgan fingerprint density at radius 3 is 2.95 bits per heavy atom. The first kappa shape index (κ1) is 14.8. The van der Waals surface area contributed by atoms with Crippen LogP contribution in [0.25, 0.3) is 0 Å². The Hall–Kier alpha value is -2.17. The van der Waals surface area contributed by atoms with Crippen LogP contribution < -0.4 is 0 Å². The lowest BCUT2D eigenvalue weighted by molar-refractivity contribution is -0.132. The van der Waals surface area contributed by atoms with Crippen LogP contribution in [-0.2, 0) is 11.2 Å². The first-order valence-corrected chi connectivity index (χ1v) is 7.79. The molecular formula is C17H21N3O2. The van der Waals surface area contributed by atoms with Gasteiger partial charge in [0.25, 0.3) is 0 Å². The monoisotopic (exact) mass is 299 g/mol. The molecule has 1 saturated heterocycles. The highest BCUT2D eigenvalue weighted by molar-refractivity contribution is 5.77. The van der Waals surface area contributed by atoms with Gasteiger partial charge in [0, 0.05) is 24.7 Å². The van der Waals surface area contributed by atoms with Crippen LogP contribution in [0, 0.1) is 13.8 Å². The summed E-state index contributed by atoms with van der Waals surface area (Å²) in [6.07, 6.45) is 5.00. The highest BCUT2D eigenvalue weighted by atomic mass is 16.5. The van der Waals surface area contributed by atoms with E-state index in [0.29, 0.717) is 12.8 Å². The van der Waals surface area contributed by atoms with Gasteiger partial charge in [-0.25, -0.2) is 0 Å². The lowest BCUT2D eigenvalue weighted by atomic mass is 10.1. The van der Waals surface area contributed by atoms with Gasteiger partial charge >= 0.3 is 0 Å². The van der Waals surface area contributed by atoms with E-state index in [1.165, 1.54) is 0 Å². The molecule has 5 heteroatoms. The molecule has 3 rings (SSSR count). The minimum atomic E-state index is 0.123. The predicted molar refractivity (Wildman–Crippen MR) is 82.2 cm³/mol. The van der Waals surface area contributed by atoms with Crippen molar-refractivity contribution in [3.05, 3.63) is 47.1 Å². The minimum absolute atomic E-state index is 0.123. The molecule has 2 aromatic heterocycles. The number of carbonyl (C=O) groups excluding carboxylic acids is 1. The van der Waals surface area contributed by atoms with Crippen LogP contribution in [-0.4, -0.2) is 27.5 Å². The van der Waals surface area contributed by atoms with Crippen molar-refractivity contribution in [1.82, 2.24) is 15.0 Å². The van der Waals surface area contributed by atoms with Crippen LogP contribution in [0.1, 0.15) is 48.0 Å². The molecule has 0 spiro atoms. The molecule has 3 heterocycles. The van der Waals surface area contributed by atoms with Crippen molar-refractivity contribution in [2.75, 3.05) is 6.54 Å². The van der Waals surface area contributed by atoms with Crippen molar-refractivity contribution in [2.45, 2.75) is 45.6 Å². The molecule has 2 aromatic rings. The van der Waals surface area contributed by atoms with Crippen molar-refractivity contribution in [3.8, 4) is 0 Å². The molecule has 0 bridgehead atoms. The zero-order valence-corrected chi connectivity index (χ0v) is 13.1. The highest BCUT2D eigenvalue weighted by Gasteiger charge is 2.30. The van der Waals surface area contributed by atoms with E-state index in [9.17, 15) is 4.79 Å². The Morgan fingerprint density at radius 1 is 1.41 bits per heavy atom. The molecule has 5 nitrogen and oxygen atoms in total. The van der Waals surface area contributed by atoms with Gasteiger partial charge in [0.15, 0.2) is 0 Å². The number of nitrogens with zero attached hydrogens (tertiary/aromatic N) is 3. The van der Waals surface area contributed by atoms with Crippen LogP contribution >= 0.6 is 0 Å². The van der Waals surface area contributed by atoms with E-state index >= 15 is 0 Å². The number of hydrogen-bond donors (Lipinski definition) is 0. The Balaban J connectivity index is 1.67. The number of amides is 1. The predicted octanol–water partition coefficient (Wildman–Crippen LogP) is 2.98. The normalized spacial score (nSPS) is 17.9. The molecule has 0 saturated carbocycles. The molecule has 0 aliphatic carbocycles. The third-order valence-electron chi connectivity index (χ3n) is 4.37. The summed E-state index contributed by atoms with van der Waals surface area (Å²) in [5.41, 5.74) is 2.93. The van der Waals surface area contributed by atoms with E-state index in [-0.39, 0.29) is 11.9 Å². The quantitative estimate of drug-likeness (QED) is 0.871. The number of aryl methyl sites for hydroxylation is 2. The Morgan fingerprint density at radius 2 is 2.27 bits per heavy atom. The second kappa shape index (κ2) is 6.30. The summed E-state index contributed by atoms with van der Waals surface area (Å²) >= 11 is 0. The molecule has 1 amide bonds. The third-order valence-corrected chi connectivity index (χ3v) is 4.37. The molecule has 1 aliphatic heterocycles. The van der Waals surface area contributed by atoms with Crippen LogP contribution in [0.5, 0.6) is 0 Å². The molecule has 0 aromatic carbocycles. The van der Waals surface area contributed by atoms with Gasteiger partial charge in [0.2, 0.25) is 5.91 Å². The van der Waals surface area contributed by atoms with Gasteiger partial charge in [-0.2, -0.15) is 0 Å². The standard InChI is InChI=1S/C17H21N3O2/c1-12-14(13(2)22-19-12)8-9-17(21)20-11-5-7-16(20)15-6-3-4-10-18-15/h3-4,6,10,16H,5,7-9,11H2,1-2H3/t16-/m0/s1. The number of hydrogen-bond acceptors (Lipinski definition) is 4. The molecule has 0 unspecified atom stereocenters. The fourth-order valence-electron chi connectivity index (χ4n) is 3.18. The van der Waals surface area contributed by atoms with E-state index in [4.69, 9.17) is 4.52 Å². The minimum Gasteiger partial charge on any atom is -0.361 e. The van der Waals surface area contributed by atoms with E-state index in [1.54, 1.807) is 6.20 Å². The number of rotatable bonds is 4. The topological polar surface area (TPSA) is 59.2 Å². The zero-order chi connectivity index (χ0) is 15.5. The van der Waals surface area contributed by atoms with Gasteiger partial charge in [0.05, 0.1) is 17.4 Å². The summed E-state index contributed by atoms with van der Waals surface area (Å²) in [6.45, 7) is 4.64. The SMILES string of the molecule is Cc1noc(C)c1CCC(=O)N1CCC[C@H]1c1ccccn1. The molecule has 116 valence electrons. The largest absolute Gasteiger partial charge is 0.361 e. The number of carbonyl (C=O) groups is 1. The first-order chi connectivity index (χ1) is 10.7. The van der Waals surface area contributed by atoms with Crippen LogP contribution in [0.2, 0.25) is 0 Å². The van der Waals surface area contributed by atoms with Gasteiger partial charge < -0.3 is 9.42 Å². The summed E-state index contributed by atoms with van der Waals surface area (Å²) in [4.78, 5) is 19.0. The number of likely N-dealkylation sites (tertiary alicyclic amines) is 1. The smallest absolute Gasteiger partial charge is 0.223 e. The Bertz CT molecular complexity index is 632. The maximum absolute atomic E-state index is 12.6. The maximum Gasteiger partial charge on any atom is 0.223 e. The average Bonchev–Trinajstić information content (AvgIpc) is 3.14. The van der Waals surface area contributed by atoms with Gasteiger partial charge in [-0.1, -0.05) is 11.2 Å². The van der Waals surface area contributed by atoms with Crippen molar-refractivity contribution < 1.29 is 9.32 Å². The zero-order valence-electron chi connectivity index (χ0n) is 13.1. The number of aromatic nitrogens is 2. The average molecular weight is 299 g/mol. The molecule has 1 aliphatic rings. The van der Waals surface area contributed by atoms with E-state index in [1.807, 2.05) is 36.9 Å². The molecule has 1 atom stereocenters. The fraction of sp³-hybridized carbons (Fsp3) is 0.471. The molecule has 0 N–H and O–H groups in total. The molecule has 1 fully saturated rings. The first-order valence-electron chi connectivity index (χ1n) is 7.79. The van der Waals surface area contributed by atoms with Crippen LogP contribution in [0.4, 0.5) is 0 Å². The highest BCUT2D eigenvalue weighted by Crippen LogP contribution is 2.31. The maximum atomic E-state index is 12.6. The molecule has 22 heavy (non-hydrogen) atoms. The van der Waals surface area contributed by atoms with Gasteiger partial charge in [-0.15, -0.1) is 0 Å². The Labute approximate surface area is 130 Å². The summed E-state index contributed by atoms with van der Waals surface area (Å²) in [6, 6.07) is 6.01. The Kier molecular flexibility index (Phi) is 4.22. The summed E-state index contributed by atoms with van der Waals surface area (Å²) in [5.74, 6) is 1.00. The lowest BCUT2D eigenvalue weighted by Crippen LogP contribution is -2.31. The van der Waals surface area contributed by atoms with E-state index < -0.39 is 0 Å². The number of pyridine rings is 1. The summed E-state index contributed by atoms with van der Waals surface area (Å²) in [7, 11) is 0. The van der Waals surface area contributed by atoms with E-state index in [2.05, 4.69) is 10.1 Å². The van der Waals surface area contributed by atoms with Crippen molar-refractivity contribution in [2.24, 2.45) is 0 Å². The van der Waals surface area contributed by atoms with Gasteiger partial charge in [-0.3, -0.25) is 9.78 Å². The summed E-state index contributed by atoms with van der Waals surface area (Å²) < 4.78 is 5.16. The van der Waals surface area contributed by atoms with Crippen molar-refractivity contribution >= 4 is 5.91 Å². The van der Waals surface area contributed by atoms with Gasteiger partial charge in [0.1, 0.15) is 5.76 Å². The van der Waals surface area contributed by atoms with Gasteiger partial charge in [-0.05, 0) is 45.2 Å². The fourth-order valence-corrected chi connectivity index (χ4v) is 3.18. The van der Waals surface area contributed by atoms with Crippen LogP contribution in [0.3, 0.4) is 0 Å². The molecular weight excluding hydrogens is 278 g/mol. The van der Waals surface area contributed by atoms with Crippen LogP contribution in [0.15, 0.2) is 28.9 Å². The lowest BCUT2D eigenvalue weighted by Gasteiger charge is -2.24. The van der Waals surface area contributed by atoms with Crippen molar-refractivity contribution in [3.63, 3.8) is 0 Å². The van der Waals surface area contributed by atoms with Crippen molar-refractivity contribution in [1.29, 1.82) is 0 Å².